The molecule has 27 heavy (non-hydrogen) atoms. The molecule has 0 aromatic carbocycles. The Kier molecular flexibility index (Phi) is 5.88. The largest absolute Gasteiger partial charge is 0.466 e. The van der Waals surface area contributed by atoms with Crippen molar-refractivity contribution >= 4 is 5.97 Å². The van der Waals surface area contributed by atoms with Gasteiger partial charge in [-0.2, -0.15) is 0 Å². The van der Waals surface area contributed by atoms with Crippen LogP contribution in [0, 0.1) is 0 Å². The van der Waals surface area contributed by atoms with Crippen LogP contribution in [0.5, 0.6) is 0 Å². The van der Waals surface area contributed by atoms with E-state index in [9.17, 15) is 4.79 Å². The molecule has 0 saturated carbocycles. The van der Waals surface area contributed by atoms with Gasteiger partial charge >= 0.3 is 5.97 Å². The molecule has 0 spiro atoms. The van der Waals surface area contributed by atoms with E-state index in [-0.39, 0.29) is 36.8 Å². The number of carbonyl (C=O) groups is 1. The Morgan fingerprint density at radius 1 is 0.889 bits per heavy atom. The molecular formula is C19H32O8. The molecular weight excluding hydrogens is 356 g/mol. The predicted octanol–water partition coefficient (Wildman–Crippen LogP) is 2.13. The summed E-state index contributed by atoms with van der Waals surface area (Å²) in [5.74, 6) is -2.51. The smallest absolute Gasteiger partial charge is 0.305 e. The predicted molar refractivity (Wildman–Crippen MR) is 93.8 cm³/mol. The molecule has 0 aromatic rings. The van der Waals surface area contributed by atoms with Crippen molar-refractivity contribution < 1.29 is 38.0 Å². The van der Waals surface area contributed by atoms with E-state index in [1.807, 2.05) is 34.6 Å². The lowest BCUT2D eigenvalue weighted by molar-refractivity contribution is -0.187. The van der Waals surface area contributed by atoms with Crippen molar-refractivity contribution in [2.24, 2.45) is 0 Å². The topological polar surface area (TPSA) is 81.7 Å². The Morgan fingerprint density at radius 2 is 1.48 bits per heavy atom. The van der Waals surface area contributed by atoms with Gasteiger partial charge in [-0.25, -0.2) is 0 Å². The van der Waals surface area contributed by atoms with Crippen molar-refractivity contribution in [3.63, 3.8) is 0 Å². The lowest BCUT2D eigenvalue weighted by atomic mass is 10.0. The van der Waals surface area contributed by atoms with Gasteiger partial charge in [0.05, 0.1) is 26.2 Å². The minimum Gasteiger partial charge on any atom is -0.466 e. The highest BCUT2D eigenvalue weighted by Crippen LogP contribution is 2.40. The molecule has 3 saturated heterocycles. The fraction of sp³-hybridized carbons (Fsp3) is 0.947. The Hall–Kier alpha value is -0.770. The van der Waals surface area contributed by atoms with E-state index >= 15 is 0 Å². The molecule has 3 rings (SSSR count). The van der Waals surface area contributed by atoms with Crippen molar-refractivity contribution in [1.82, 2.24) is 0 Å². The van der Waals surface area contributed by atoms with Crippen molar-refractivity contribution in [3.8, 4) is 0 Å². The van der Waals surface area contributed by atoms with Gasteiger partial charge in [0, 0.05) is 6.42 Å². The number of rotatable bonds is 6. The normalized spacial score (nSPS) is 40.4. The summed E-state index contributed by atoms with van der Waals surface area (Å²) in [7, 11) is 0. The zero-order valence-electron chi connectivity index (χ0n) is 17.1. The van der Waals surface area contributed by atoms with E-state index in [0.29, 0.717) is 26.2 Å². The van der Waals surface area contributed by atoms with Gasteiger partial charge < -0.3 is 33.2 Å². The molecule has 8 nitrogen and oxygen atoms in total. The molecule has 0 amide bonds. The minimum absolute atomic E-state index is 0.238. The lowest BCUT2D eigenvalue weighted by Gasteiger charge is -2.28. The minimum atomic E-state index is -0.857. The quantitative estimate of drug-likeness (QED) is 0.640. The van der Waals surface area contributed by atoms with Gasteiger partial charge in [0.2, 0.25) is 0 Å². The van der Waals surface area contributed by atoms with Crippen LogP contribution in [0.1, 0.15) is 54.4 Å². The van der Waals surface area contributed by atoms with E-state index in [2.05, 4.69) is 0 Å². The summed E-state index contributed by atoms with van der Waals surface area (Å²) in [4.78, 5) is 11.6. The van der Waals surface area contributed by atoms with E-state index in [1.165, 1.54) is 0 Å². The van der Waals surface area contributed by atoms with E-state index in [0.717, 1.165) is 0 Å². The van der Waals surface area contributed by atoms with Crippen LogP contribution >= 0.6 is 0 Å². The summed E-state index contributed by atoms with van der Waals surface area (Å²) in [6, 6.07) is 0. The molecule has 0 N–H and O–H groups in total. The molecule has 5 unspecified atom stereocenters. The molecule has 0 bridgehead atoms. The number of hydrogen-bond acceptors (Lipinski definition) is 8. The summed E-state index contributed by atoms with van der Waals surface area (Å²) < 4.78 is 40.9. The van der Waals surface area contributed by atoms with Gasteiger partial charge in [-0.1, -0.05) is 0 Å². The van der Waals surface area contributed by atoms with Crippen molar-refractivity contribution in [3.05, 3.63) is 0 Å². The first-order valence-corrected chi connectivity index (χ1v) is 9.67. The van der Waals surface area contributed by atoms with Crippen molar-refractivity contribution in [2.45, 2.75) is 96.2 Å². The van der Waals surface area contributed by atoms with Crippen LogP contribution in [0.25, 0.3) is 0 Å². The third-order valence-corrected chi connectivity index (χ3v) is 4.97. The zero-order valence-corrected chi connectivity index (χ0v) is 17.1. The SMILES string of the molecule is CCOC(=O)CCC1(C)OCC(C2OC(C)(C)OC2C2COC(C)(C)O2)O1. The number of esters is 1. The molecule has 3 aliphatic rings. The first-order chi connectivity index (χ1) is 12.5. The maximum atomic E-state index is 11.6. The van der Waals surface area contributed by atoms with Crippen molar-refractivity contribution in [2.75, 3.05) is 19.8 Å². The standard InChI is InChI=1S/C19H32O8/c1-7-21-14(20)8-9-19(6)23-11-13(25-19)16-15(26-18(4,5)27-16)12-10-22-17(2,3)24-12/h12-13,15-16H,7-11H2,1-6H3. The van der Waals surface area contributed by atoms with Crippen LogP contribution < -0.4 is 0 Å². The molecule has 0 aromatic heterocycles. The summed E-state index contributed by atoms with van der Waals surface area (Å²) in [6.45, 7) is 12.3. The van der Waals surface area contributed by atoms with Crippen LogP contribution in [0.2, 0.25) is 0 Å². The molecule has 3 aliphatic heterocycles. The maximum Gasteiger partial charge on any atom is 0.305 e. The summed E-state index contributed by atoms with van der Waals surface area (Å²) in [5, 5.41) is 0. The third-order valence-electron chi connectivity index (χ3n) is 4.97. The average Bonchev–Trinajstić information content (AvgIpc) is 3.21. The summed E-state index contributed by atoms with van der Waals surface area (Å²) in [6.07, 6.45) is -0.602. The number of ether oxygens (including phenoxy) is 7. The van der Waals surface area contributed by atoms with Crippen molar-refractivity contribution in [1.29, 1.82) is 0 Å². The molecule has 3 fully saturated rings. The molecule has 3 heterocycles. The lowest BCUT2D eigenvalue weighted by Crippen LogP contribution is -2.45. The van der Waals surface area contributed by atoms with E-state index < -0.39 is 17.4 Å². The highest BCUT2D eigenvalue weighted by molar-refractivity contribution is 5.69. The van der Waals surface area contributed by atoms with Gasteiger partial charge in [-0.05, 0) is 41.5 Å². The van der Waals surface area contributed by atoms with Crippen LogP contribution in [0.4, 0.5) is 0 Å². The second kappa shape index (κ2) is 7.57. The second-order valence-electron chi connectivity index (χ2n) is 8.34. The Morgan fingerprint density at radius 3 is 2.04 bits per heavy atom. The van der Waals surface area contributed by atoms with Gasteiger partial charge in [0.15, 0.2) is 17.4 Å². The summed E-state index contributed by atoms with van der Waals surface area (Å²) >= 11 is 0. The average molecular weight is 388 g/mol. The first kappa shape index (κ1) is 21.0. The van der Waals surface area contributed by atoms with E-state index in [4.69, 9.17) is 33.2 Å². The van der Waals surface area contributed by atoms with E-state index in [1.54, 1.807) is 6.92 Å². The number of hydrogen-bond donors (Lipinski definition) is 0. The fourth-order valence-electron chi connectivity index (χ4n) is 3.77. The highest BCUT2D eigenvalue weighted by Gasteiger charge is 2.55. The Balaban J connectivity index is 1.63. The van der Waals surface area contributed by atoms with Crippen LogP contribution in [0.15, 0.2) is 0 Å². The van der Waals surface area contributed by atoms with Crippen LogP contribution in [-0.4, -0.2) is 67.6 Å². The second-order valence-corrected chi connectivity index (χ2v) is 8.34. The van der Waals surface area contributed by atoms with Gasteiger partial charge in [-0.3, -0.25) is 4.79 Å². The van der Waals surface area contributed by atoms with Crippen LogP contribution in [0.3, 0.4) is 0 Å². The molecule has 5 atom stereocenters. The Labute approximate surface area is 160 Å². The Bertz CT molecular complexity index is 548. The monoisotopic (exact) mass is 388 g/mol. The molecule has 0 aliphatic carbocycles. The summed E-state index contributed by atoms with van der Waals surface area (Å²) in [5.41, 5.74) is 0. The molecule has 156 valence electrons. The van der Waals surface area contributed by atoms with Gasteiger partial charge in [0.1, 0.15) is 24.4 Å². The molecule has 0 radical (unpaired) electrons. The molecule has 8 heteroatoms. The van der Waals surface area contributed by atoms with Gasteiger partial charge in [0.25, 0.3) is 0 Å². The fourth-order valence-corrected chi connectivity index (χ4v) is 3.77. The number of carbonyl (C=O) groups excluding carboxylic acids is 1. The highest BCUT2D eigenvalue weighted by atomic mass is 16.8. The maximum absolute atomic E-state index is 11.6. The third kappa shape index (κ3) is 4.99. The first-order valence-electron chi connectivity index (χ1n) is 9.67. The van der Waals surface area contributed by atoms with Crippen LogP contribution in [-0.2, 0) is 38.0 Å². The van der Waals surface area contributed by atoms with Gasteiger partial charge in [-0.15, -0.1) is 0 Å². The zero-order chi connectivity index (χ0) is 19.9.